The molecule has 0 spiro atoms. The van der Waals surface area contributed by atoms with Gasteiger partial charge in [0.05, 0.1) is 7.11 Å². The highest BCUT2D eigenvalue weighted by Gasteiger charge is 2.27. The lowest BCUT2D eigenvalue weighted by atomic mass is 9.72. The highest BCUT2D eigenvalue weighted by Crippen LogP contribution is 2.37. The molecule has 0 heterocycles. The second-order valence-electron chi connectivity index (χ2n) is 7.12. The second kappa shape index (κ2) is 5.96. The topological polar surface area (TPSA) is 29.5 Å². The van der Waals surface area contributed by atoms with Crippen LogP contribution < -0.4 is 4.74 Å². The van der Waals surface area contributed by atoms with Gasteiger partial charge in [-0.05, 0) is 40.9 Å². The van der Waals surface area contributed by atoms with Crippen molar-refractivity contribution in [1.29, 1.82) is 0 Å². The Kier molecular flexibility index (Phi) is 5.03. The molecule has 1 N–H and O–H groups in total. The maximum absolute atomic E-state index is 9.16. The molecule has 0 atom stereocenters. The summed E-state index contributed by atoms with van der Waals surface area (Å²) in [5.74, 6) is 0.865. The SMILES string of the molecule is COc1ccc(C(C)(C)CC(C)(C)C)cc1CCO. The summed E-state index contributed by atoms with van der Waals surface area (Å²) < 4.78 is 5.36. The van der Waals surface area contributed by atoms with E-state index in [1.54, 1.807) is 7.11 Å². The molecule has 0 amide bonds. The van der Waals surface area contributed by atoms with Gasteiger partial charge in [0, 0.05) is 6.61 Å². The van der Waals surface area contributed by atoms with E-state index in [4.69, 9.17) is 9.84 Å². The van der Waals surface area contributed by atoms with Gasteiger partial charge in [-0.15, -0.1) is 0 Å². The fourth-order valence-electron chi connectivity index (χ4n) is 2.94. The summed E-state index contributed by atoms with van der Waals surface area (Å²) in [6.45, 7) is 11.5. The lowest BCUT2D eigenvalue weighted by molar-refractivity contribution is 0.282. The molecule has 2 nitrogen and oxygen atoms in total. The normalized spacial score (nSPS) is 12.6. The van der Waals surface area contributed by atoms with Crippen LogP contribution in [0.25, 0.3) is 0 Å². The van der Waals surface area contributed by atoms with Gasteiger partial charge in [0.2, 0.25) is 0 Å². The molecule has 1 aromatic rings. The van der Waals surface area contributed by atoms with Crippen molar-refractivity contribution in [1.82, 2.24) is 0 Å². The zero-order chi connectivity index (χ0) is 14.7. The predicted molar refractivity (Wildman–Crippen MR) is 80.9 cm³/mol. The Morgan fingerprint density at radius 3 is 2.21 bits per heavy atom. The van der Waals surface area contributed by atoms with Crippen molar-refractivity contribution in [2.75, 3.05) is 13.7 Å². The van der Waals surface area contributed by atoms with Crippen molar-refractivity contribution in [3.8, 4) is 5.75 Å². The molecular formula is C17H28O2. The first kappa shape index (κ1) is 16.0. The number of aliphatic hydroxyl groups is 1. The van der Waals surface area contributed by atoms with Crippen LogP contribution in [0.2, 0.25) is 0 Å². The molecule has 0 saturated heterocycles. The number of hydrogen-bond donors (Lipinski definition) is 1. The van der Waals surface area contributed by atoms with E-state index < -0.39 is 0 Å². The van der Waals surface area contributed by atoms with Crippen LogP contribution in [0.1, 0.15) is 52.2 Å². The number of rotatable bonds is 5. The van der Waals surface area contributed by atoms with Crippen LogP contribution in [0.3, 0.4) is 0 Å². The molecule has 108 valence electrons. The van der Waals surface area contributed by atoms with Crippen LogP contribution in [0, 0.1) is 5.41 Å². The van der Waals surface area contributed by atoms with Crippen molar-refractivity contribution in [3.63, 3.8) is 0 Å². The molecule has 0 unspecified atom stereocenters. The van der Waals surface area contributed by atoms with Gasteiger partial charge in [-0.25, -0.2) is 0 Å². The molecule has 0 aliphatic heterocycles. The molecule has 0 aromatic heterocycles. The lowest BCUT2D eigenvalue weighted by Crippen LogP contribution is -2.25. The molecule has 0 saturated carbocycles. The third-order valence-corrected chi connectivity index (χ3v) is 3.42. The Hall–Kier alpha value is -1.02. The quantitative estimate of drug-likeness (QED) is 0.872. The third kappa shape index (κ3) is 4.54. The Morgan fingerprint density at radius 2 is 1.74 bits per heavy atom. The van der Waals surface area contributed by atoms with Crippen molar-refractivity contribution >= 4 is 0 Å². The minimum Gasteiger partial charge on any atom is -0.496 e. The van der Waals surface area contributed by atoms with E-state index >= 15 is 0 Å². The minimum atomic E-state index is 0.120. The van der Waals surface area contributed by atoms with Crippen LogP contribution in [0.4, 0.5) is 0 Å². The largest absolute Gasteiger partial charge is 0.496 e. The molecule has 0 radical (unpaired) electrons. The molecular weight excluding hydrogens is 236 g/mol. The highest BCUT2D eigenvalue weighted by atomic mass is 16.5. The number of hydrogen-bond acceptors (Lipinski definition) is 2. The van der Waals surface area contributed by atoms with E-state index in [1.165, 1.54) is 5.56 Å². The molecule has 2 heteroatoms. The summed E-state index contributed by atoms with van der Waals surface area (Å²) in [6.07, 6.45) is 1.76. The van der Waals surface area contributed by atoms with Gasteiger partial charge in [-0.3, -0.25) is 0 Å². The van der Waals surface area contributed by atoms with E-state index in [-0.39, 0.29) is 12.0 Å². The predicted octanol–water partition coefficient (Wildman–Crippen LogP) is 3.94. The minimum absolute atomic E-state index is 0.120. The summed E-state index contributed by atoms with van der Waals surface area (Å²) in [4.78, 5) is 0. The molecule has 0 aliphatic rings. The van der Waals surface area contributed by atoms with Gasteiger partial charge in [0.1, 0.15) is 5.75 Å². The third-order valence-electron chi connectivity index (χ3n) is 3.42. The van der Waals surface area contributed by atoms with Gasteiger partial charge in [0.25, 0.3) is 0 Å². The molecule has 0 fully saturated rings. The number of aliphatic hydroxyl groups excluding tert-OH is 1. The molecule has 1 rings (SSSR count). The average molecular weight is 264 g/mol. The van der Waals surface area contributed by atoms with Crippen LogP contribution in [0.15, 0.2) is 18.2 Å². The van der Waals surface area contributed by atoms with Crippen molar-refractivity contribution in [2.24, 2.45) is 5.41 Å². The fourth-order valence-corrected chi connectivity index (χ4v) is 2.94. The second-order valence-corrected chi connectivity index (χ2v) is 7.12. The van der Waals surface area contributed by atoms with Crippen molar-refractivity contribution in [2.45, 2.75) is 52.9 Å². The Morgan fingerprint density at radius 1 is 1.11 bits per heavy atom. The molecule has 0 bridgehead atoms. The highest BCUT2D eigenvalue weighted by molar-refractivity contribution is 5.40. The molecule has 1 aromatic carbocycles. The first-order valence-corrected chi connectivity index (χ1v) is 6.98. The zero-order valence-corrected chi connectivity index (χ0v) is 13.2. The van der Waals surface area contributed by atoms with Crippen LogP contribution in [-0.2, 0) is 11.8 Å². The zero-order valence-electron chi connectivity index (χ0n) is 13.2. The summed E-state index contributed by atoms with van der Waals surface area (Å²) in [6, 6.07) is 6.34. The molecule has 0 aliphatic carbocycles. The standard InChI is InChI=1S/C17H28O2/c1-16(2,3)12-17(4,5)14-7-8-15(19-6)13(11-14)9-10-18/h7-8,11,18H,9-10,12H2,1-6H3. The number of ether oxygens (including phenoxy) is 1. The average Bonchev–Trinajstić information content (AvgIpc) is 2.26. The fraction of sp³-hybridized carbons (Fsp3) is 0.647. The number of benzene rings is 1. The summed E-state index contributed by atoms with van der Waals surface area (Å²) in [5, 5.41) is 9.16. The smallest absolute Gasteiger partial charge is 0.122 e. The first-order chi connectivity index (χ1) is 8.69. The van der Waals surface area contributed by atoms with Gasteiger partial charge < -0.3 is 9.84 Å². The van der Waals surface area contributed by atoms with E-state index in [1.807, 2.05) is 6.07 Å². The van der Waals surface area contributed by atoms with Crippen molar-refractivity contribution < 1.29 is 9.84 Å². The Balaban J connectivity index is 3.09. The van der Waals surface area contributed by atoms with Crippen molar-refractivity contribution in [3.05, 3.63) is 29.3 Å². The maximum Gasteiger partial charge on any atom is 0.122 e. The van der Waals surface area contributed by atoms with Crippen LogP contribution >= 0.6 is 0 Å². The van der Waals surface area contributed by atoms with E-state index in [9.17, 15) is 0 Å². The maximum atomic E-state index is 9.16. The summed E-state index contributed by atoms with van der Waals surface area (Å²) >= 11 is 0. The lowest BCUT2D eigenvalue weighted by Gasteiger charge is -2.33. The Bertz CT molecular complexity index is 414. The van der Waals surface area contributed by atoms with Gasteiger partial charge >= 0.3 is 0 Å². The van der Waals surface area contributed by atoms with E-state index in [2.05, 4.69) is 46.8 Å². The van der Waals surface area contributed by atoms with Gasteiger partial charge in [-0.1, -0.05) is 46.8 Å². The van der Waals surface area contributed by atoms with Gasteiger partial charge in [0.15, 0.2) is 0 Å². The first-order valence-electron chi connectivity index (χ1n) is 6.98. The summed E-state index contributed by atoms with van der Waals surface area (Å²) in [5.41, 5.74) is 2.81. The van der Waals surface area contributed by atoms with E-state index in [0.717, 1.165) is 17.7 Å². The van der Waals surface area contributed by atoms with Crippen LogP contribution in [0.5, 0.6) is 5.75 Å². The molecule has 19 heavy (non-hydrogen) atoms. The van der Waals surface area contributed by atoms with Gasteiger partial charge in [-0.2, -0.15) is 0 Å². The summed E-state index contributed by atoms with van der Waals surface area (Å²) in [7, 11) is 1.68. The Labute approximate surface area is 117 Å². The number of methoxy groups -OCH3 is 1. The monoisotopic (exact) mass is 264 g/mol. The van der Waals surface area contributed by atoms with E-state index in [0.29, 0.717) is 11.8 Å². The van der Waals surface area contributed by atoms with Crippen LogP contribution in [-0.4, -0.2) is 18.8 Å².